The molecule has 1 aromatic carbocycles. The summed E-state index contributed by atoms with van der Waals surface area (Å²) in [5.74, 6) is -3.52. The summed E-state index contributed by atoms with van der Waals surface area (Å²) in [7, 11) is 0. The van der Waals surface area contributed by atoms with Crippen LogP contribution in [-0.4, -0.2) is 40.9 Å². The van der Waals surface area contributed by atoms with Crippen molar-refractivity contribution in [2.45, 2.75) is 75.4 Å². The number of carbonyl (C=O) groups is 2. The Morgan fingerprint density at radius 2 is 1.65 bits per heavy atom. The zero-order valence-electron chi connectivity index (χ0n) is 17.3. The SMILES string of the molecule is O=C(O)C(F)(F)F.O=C(O)C1CCC(NCC2(c3cccc(Cl)c3)CCCCC2)CC1. The second-order valence-corrected chi connectivity index (χ2v) is 8.86. The van der Waals surface area contributed by atoms with Crippen LogP contribution in [-0.2, 0) is 15.0 Å². The number of halogens is 4. The van der Waals surface area contributed by atoms with Crippen LogP contribution in [0.3, 0.4) is 0 Å². The van der Waals surface area contributed by atoms with Crippen LogP contribution in [0.2, 0.25) is 5.02 Å². The number of nitrogens with one attached hydrogen (secondary N) is 1. The lowest BCUT2D eigenvalue weighted by Crippen LogP contribution is -2.45. The van der Waals surface area contributed by atoms with E-state index >= 15 is 0 Å². The van der Waals surface area contributed by atoms with Gasteiger partial charge in [-0.05, 0) is 56.2 Å². The molecule has 0 radical (unpaired) electrons. The molecule has 9 heteroatoms. The molecule has 2 aliphatic carbocycles. The minimum atomic E-state index is -5.08. The highest BCUT2D eigenvalue weighted by atomic mass is 35.5. The van der Waals surface area contributed by atoms with Gasteiger partial charge in [-0.2, -0.15) is 13.2 Å². The summed E-state index contributed by atoms with van der Waals surface area (Å²) >= 11 is 6.24. The van der Waals surface area contributed by atoms with Crippen molar-refractivity contribution in [3.8, 4) is 0 Å². The van der Waals surface area contributed by atoms with Crippen molar-refractivity contribution in [1.29, 1.82) is 0 Å². The summed E-state index contributed by atoms with van der Waals surface area (Å²) < 4.78 is 31.7. The third kappa shape index (κ3) is 7.68. The highest BCUT2D eigenvalue weighted by Gasteiger charge is 2.38. The van der Waals surface area contributed by atoms with E-state index in [-0.39, 0.29) is 11.3 Å². The van der Waals surface area contributed by atoms with Crippen LogP contribution in [0.4, 0.5) is 13.2 Å². The van der Waals surface area contributed by atoms with Gasteiger partial charge >= 0.3 is 18.1 Å². The Morgan fingerprint density at radius 1 is 1.06 bits per heavy atom. The zero-order valence-corrected chi connectivity index (χ0v) is 18.0. The molecule has 2 fully saturated rings. The van der Waals surface area contributed by atoms with Gasteiger partial charge in [-0.15, -0.1) is 0 Å². The first-order valence-corrected chi connectivity index (χ1v) is 10.9. The van der Waals surface area contributed by atoms with E-state index < -0.39 is 18.1 Å². The fourth-order valence-corrected chi connectivity index (χ4v) is 4.69. The number of carboxylic acid groups (broad SMARTS) is 2. The van der Waals surface area contributed by atoms with Crippen LogP contribution in [0, 0.1) is 5.92 Å². The fourth-order valence-electron chi connectivity index (χ4n) is 4.50. The lowest BCUT2D eigenvalue weighted by Gasteiger charge is -2.40. The Kier molecular flexibility index (Phi) is 9.18. The van der Waals surface area contributed by atoms with Crippen LogP contribution in [0.15, 0.2) is 24.3 Å². The number of benzene rings is 1. The predicted molar refractivity (Wildman–Crippen MR) is 111 cm³/mol. The van der Waals surface area contributed by atoms with Gasteiger partial charge in [-0.3, -0.25) is 4.79 Å². The van der Waals surface area contributed by atoms with E-state index in [0.29, 0.717) is 6.04 Å². The normalized spacial score (nSPS) is 23.4. The largest absolute Gasteiger partial charge is 0.490 e. The first-order valence-electron chi connectivity index (χ1n) is 10.6. The summed E-state index contributed by atoms with van der Waals surface area (Å²) in [6.45, 7) is 0.982. The molecule has 0 saturated heterocycles. The molecule has 0 atom stereocenters. The number of carboxylic acids is 2. The molecule has 0 spiro atoms. The molecule has 0 amide bonds. The van der Waals surface area contributed by atoms with E-state index in [4.69, 9.17) is 26.6 Å². The van der Waals surface area contributed by atoms with Crippen molar-refractivity contribution < 1.29 is 33.0 Å². The molecule has 0 aliphatic heterocycles. The van der Waals surface area contributed by atoms with E-state index in [2.05, 4.69) is 23.5 Å². The fraction of sp³-hybridized carbons (Fsp3) is 0.636. The van der Waals surface area contributed by atoms with Gasteiger partial charge in [0.1, 0.15) is 0 Å². The van der Waals surface area contributed by atoms with Crippen LogP contribution in [0.5, 0.6) is 0 Å². The quantitative estimate of drug-likeness (QED) is 0.543. The number of hydrogen-bond donors (Lipinski definition) is 3. The van der Waals surface area contributed by atoms with E-state index in [1.165, 1.54) is 37.7 Å². The van der Waals surface area contributed by atoms with Gasteiger partial charge < -0.3 is 15.5 Å². The maximum Gasteiger partial charge on any atom is 0.490 e. The summed E-state index contributed by atoms with van der Waals surface area (Å²) in [5.41, 5.74) is 1.55. The molecule has 0 unspecified atom stereocenters. The zero-order chi connectivity index (χ0) is 23.1. The second kappa shape index (κ2) is 11.2. The Bertz CT molecular complexity index is 743. The molecule has 2 aliphatic rings. The number of rotatable bonds is 5. The van der Waals surface area contributed by atoms with Gasteiger partial charge in [-0.25, -0.2) is 4.79 Å². The molecule has 0 bridgehead atoms. The van der Waals surface area contributed by atoms with Gasteiger partial charge in [-0.1, -0.05) is 43.0 Å². The van der Waals surface area contributed by atoms with Crippen LogP contribution < -0.4 is 5.32 Å². The van der Waals surface area contributed by atoms with E-state index in [1.54, 1.807) is 0 Å². The summed E-state index contributed by atoms with van der Waals surface area (Å²) in [6, 6.07) is 8.82. The average molecular weight is 464 g/mol. The van der Waals surface area contributed by atoms with Gasteiger partial charge in [0.25, 0.3) is 0 Å². The van der Waals surface area contributed by atoms with E-state index in [1.807, 2.05) is 6.07 Å². The minimum Gasteiger partial charge on any atom is -0.481 e. The Morgan fingerprint density at radius 3 is 2.13 bits per heavy atom. The number of hydrogen-bond acceptors (Lipinski definition) is 3. The van der Waals surface area contributed by atoms with E-state index in [9.17, 15) is 18.0 Å². The monoisotopic (exact) mass is 463 g/mol. The van der Waals surface area contributed by atoms with Gasteiger partial charge in [0.2, 0.25) is 0 Å². The highest BCUT2D eigenvalue weighted by molar-refractivity contribution is 6.30. The van der Waals surface area contributed by atoms with Crippen molar-refractivity contribution in [3.63, 3.8) is 0 Å². The molecule has 0 aromatic heterocycles. The predicted octanol–water partition coefficient (Wildman–Crippen LogP) is 5.41. The van der Waals surface area contributed by atoms with Crippen molar-refractivity contribution >= 4 is 23.5 Å². The molecule has 174 valence electrons. The molecule has 3 N–H and O–H groups in total. The van der Waals surface area contributed by atoms with E-state index in [0.717, 1.165) is 37.3 Å². The van der Waals surface area contributed by atoms with Crippen molar-refractivity contribution in [2.75, 3.05) is 6.54 Å². The first-order chi connectivity index (χ1) is 14.5. The third-order valence-corrected chi connectivity index (χ3v) is 6.53. The van der Waals surface area contributed by atoms with Crippen LogP contribution in [0.1, 0.15) is 63.4 Å². The van der Waals surface area contributed by atoms with Gasteiger partial charge in [0, 0.05) is 23.0 Å². The maximum atomic E-state index is 11.1. The molecule has 2 saturated carbocycles. The van der Waals surface area contributed by atoms with Gasteiger partial charge in [0.05, 0.1) is 5.92 Å². The molecule has 1 aromatic rings. The second-order valence-electron chi connectivity index (χ2n) is 8.42. The lowest BCUT2D eigenvalue weighted by molar-refractivity contribution is -0.192. The standard InChI is InChI=1S/C20H28ClNO2.C2HF3O2/c21-17-6-4-5-16(13-17)20(11-2-1-3-12-20)14-22-18-9-7-15(8-10-18)19(23)24;3-2(4,5)1(6)7/h4-6,13,15,18,22H,1-3,7-12,14H2,(H,23,24);(H,6,7). The average Bonchev–Trinajstić information content (AvgIpc) is 2.73. The first kappa shape index (κ1) is 25.5. The highest BCUT2D eigenvalue weighted by Crippen LogP contribution is 2.40. The lowest BCUT2D eigenvalue weighted by atomic mass is 9.69. The van der Waals surface area contributed by atoms with Crippen molar-refractivity contribution in [3.05, 3.63) is 34.9 Å². The number of alkyl halides is 3. The number of aliphatic carboxylic acids is 2. The summed E-state index contributed by atoms with van der Waals surface area (Å²) in [5, 5.41) is 20.9. The van der Waals surface area contributed by atoms with Gasteiger partial charge in [0.15, 0.2) is 0 Å². The Hall–Kier alpha value is -1.80. The molecule has 3 rings (SSSR count). The van der Waals surface area contributed by atoms with Crippen molar-refractivity contribution in [2.24, 2.45) is 5.92 Å². The topological polar surface area (TPSA) is 86.6 Å². The Labute approximate surface area is 185 Å². The molecule has 5 nitrogen and oxygen atoms in total. The molecular formula is C22H29ClF3NO4. The molecule has 0 heterocycles. The van der Waals surface area contributed by atoms with Crippen LogP contribution >= 0.6 is 11.6 Å². The maximum absolute atomic E-state index is 11.1. The molecular weight excluding hydrogens is 435 g/mol. The summed E-state index contributed by atoms with van der Waals surface area (Å²) in [4.78, 5) is 20.0. The smallest absolute Gasteiger partial charge is 0.481 e. The van der Waals surface area contributed by atoms with Crippen molar-refractivity contribution in [1.82, 2.24) is 5.32 Å². The molecule has 31 heavy (non-hydrogen) atoms. The minimum absolute atomic E-state index is 0.139. The van der Waals surface area contributed by atoms with Crippen LogP contribution in [0.25, 0.3) is 0 Å². The summed E-state index contributed by atoms with van der Waals surface area (Å²) in [6.07, 6.45) is 4.78. The Balaban J connectivity index is 0.000000423. The third-order valence-electron chi connectivity index (χ3n) is 6.30.